The van der Waals surface area contributed by atoms with Crippen LogP contribution in [0.15, 0.2) is 60.8 Å². The Kier molecular flexibility index (Phi) is 6.54. The van der Waals surface area contributed by atoms with Gasteiger partial charge in [0.15, 0.2) is 0 Å². The van der Waals surface area contributed by atoms with Crippen LogP contribution in [0.4, 0.5) is 5.82 Å². The molecule has 1 aromatic heterocycles. The lowest BCUT2D eigenvalue weighted by Gasteiger charge is -2.08. The molecule has 7 nitrogen and oxygen atoms in total. The molecule has 0 radical (unpaired) electrons. The number of nitrogens with one attached hydrogen (secondary N) is 1. The highest BCUT2D eigenvalue weighted by atomic mass is 16.5. The van der Waals surface area contributed by atoms with Crippen molar-refractivity contribution in [3.05, 3.63) is 83.0 Å². The van der Waals surface area contributed by atoms with Gasteiger partial charge in [0.05, 0.1) is 6.42 Å². The van der Waals surface area contributed by atoms with Gasteiger partial charge in [0.1, 0.15) is 12.4 Å². The van der Waals surface area contributed by atoms with E-state index >= 15 is 0 Å². The molecule has 0 unspecified atom stereocenters. The molecule has 5 N–H and O–H groups in total. The third kappa shape index (κ3) is 5.78. The summed E-state index contributed by atoms with van der Waals surface area (Å²) in [5.41, 5.74) is 15.2. The summed E-state index contributed by atoms with van der Waals surface area (Å²) in [4.78, 5) is 20.1. The summed E-state index contributed by atoms with van der Waals surface area (Å²) in [5.74, 6) is 0.345. The van der Waals surface area contributed by atoms with Gasteiger partial charge < -0.3 is 21.5 Å². The summed E-state index contributed by atoms with van der Waals surface area (Å²) < 4.78 is 5.51. The van der Waals surface area contributed by atoms with E-state index in [0.29, 0.717) is 31.9 Å². The Bertz CT molecular complexity index is 911. The summed E-state index contributed by atoms with van der Waals surface area (Å²) >= 11 is 0. The number of aromatic nitrogens is 2. The molecule has 0 fully saturated rings. The van der Waals surface area contributed by atoms with E-state index in [9.17, 15) is 4.79 Å². The number of nitrogens with two attached hydrogens (primary N) is 2. The highest BCUT2D eigenvalue weighted by molar-refractivity contribution is 5.78. The Labute approximate surface area is 163 Å². The van der Waals surface area contributed by atoms with Gasteiger partial charge in [-0.2, -0.15) is 4.98 Å². The average Bonchev–Trinajstić information content (AvgIpc) is 2.72. The molecule has 0 spiro atoms. The van der Waals surface area contributed by atoms with Crippen LogP contribution in [-0.2, 0) is 30.9 Å². The summed E-state index contributed by atoms with van der Waals surface area (Å²) in [6.45, 7) is 1.31. The van der Waals surface area contributed by atoms with Crippen molar-refractivity contribution in [1.82, 2.24) is 15.3 Å². The van der Waals surface area contributed by atoms with Crippen molar-refractivity contribution in [2.24, 2.45) is 5.73 Å². The number of carbonyl (C=O) groups excluding carboxylic acids is 1. The van der Waals surface area contributed by atoms with Gasteiger partial charge in [-0.15, -0.1) is 0 Å². The second-order valence-corrected chi connectivity index (χ2v) is 6.34. The van der Waals surface area contributed by atoms with Crippen molar-refractivity contribution in [3.63, 3.8) is 0 Å². The van der Waals surface area contributed by atoms with Crippen molar-refractivity contribution in [2.45, 2.75) is 26.1 Å². The summed E-state index contributed by atoms with van der Waals surface area (Å²) in [5, 5.41) is 2.93. The Morgan fingerprint density at radius 1 is 0.929 bits per heavy atom. The molecule has 1 amide bonds. The number of benzene rings is 2. The monoisotopic (exact) mass is 377 g/mol. The first-order chi connectivity index (χ1) is 13.6. The number of nitrogen functional groups attached to an aromatic ring is 1. The maximum absolute atomic E-state index is 12.1. The van der Waals surface area contributed by atoms with Gasteiger partial charge in [0.2, 0.25) is 5.91 Å². The number of hydrogen-bond donors (Lipinski definition) is 3. The number of rotatable bonds is 8. The third-order valence-corrected chi connectivity index (χ3v) is 4.16. The first-order valence-corrected chi connectivity index (χ1v) is 8.96. The van der Waals surface area contributed by atoms with Crippen molar-refractivity contribution in [2.75, 3.05) is 5.73 Å². The second kappa shape index (κ2) is 9.48. The SMILES string of the molecule is NCc1ccc(CC(=O)NCc2ccc(COc3nccc(N)n3)cc2)cc1. The molecule has 3 rings (SSSR count). The molecule has 0 bridgehead atoms. The van der Waals surface area contributed by atoms with Crippen LogP contribution in [0, 0.1) is 0 Å². The molecule has 1 heterocycles. The molecular formula is C21H23N5O2. The van der Waals surface area contributed by atoms with E-state index in [4.69, 9.17) is 16.2 Å². The van der Waals surface area contributed by atoms with E-state index in [1.54, 1.807) is 12.3 Å². The summed E-state index contributed by atoms with van der Waals surface area (Å²) in [7, 11) is 0. The van der Waals surface area contributed by atoms with E-state index in [1.165, 1.54) is 0 Å². The van der Waals surface area contributed by atoms with Crippen LogP contribution in [0.5, 0.6) is 6.01 Å². The van der Waals surface area contributed by atoms with Gasteiger partial charge in [-0.3, -0.25) is 4.79 Å². The summed E-state index contributed by atoms with van der Waals surface area (Å²) in [6, 6.07) is 17.4. The molecular weight excluding hydrogens is 354 g/mol. The predicted octanol–water partition coefficient (Wildman–Crippen LogP) is 1.96. The van der Waals surface area contributed by atoms with E-state index in [0.717, 1.165) is 22.3 Å². The number of hydrogen-bond acceptors (Lipinski definition) is 6. The topological polar surface area (TPSA) is 116 Å². The largest absolute Gasteiger partial charge is 0.459 e. The van der Waals surface area contributed by atoms with E-state index in [2.05, 4.69) is 15.3 Å². The molecule has 3 aromatic rings. The molecule has 0 atom stereocenters. The van der Waals surface area contributed by atoms with Gasteiger partial charge in [-0.25, -0.2) is 4.98 Å². The van der Waals surface area contributed by atoms with Crippen LogP contribution < -0.4 is 21.5 Å². The van der Waals surface area contributed by atoms with Crippen LogP contribution in [0.25, 0.3) is 0 Å². The molecule has 0 saturated heterocycles. The Morgan fingerprint density at radius 3 is 2.25 bits per heavy atom. The lowest BCUT2D eigenvalue weighted by atomic mass is 10.1. The average molecular weight is 377 g/mol. The van der Waals surface area contributed by atoms with Crippen molar-refractivity contribution in [3.8, 4) is 6.01 Å². The highest BCUT2D eigenvalue weighted by Gasteiger charge is 2.04. The maximum Gasteiger partial charge on any atom is 0.318 e. The van der Waals surface area contributed by atoms with Crippen molar-refractivity contribution >= 4 is 11.7 Å². The minimum Gasteiger partial charge on any atom is -0.459 e. The molecule has 0 saturated carbocycles. The maximum atomic E-state index is 12.1. The quantitative estimate of drug-likeness (QED) is 0.552. The zero-order valence-electron chi connectivity index (χ0n) is 15.5. The lowest BCUT2D eigenvalue weighted by molar-refractivity contribution is -0.120. The first kappa shape index (κ1) is 19.3. The van der Waals surface area contributed by atoms with Gasteiger partial charge in [0, 0.05) is 19.3 Å². The lowest BCUT2D eigenvalue weighted by Crippen LogP contribution is -2.24. The first-order valence-electron chi connectivity index (χ1n) is 8.96. The van der Waals surface area contributed by atoms with E-state index in [1.807, 2.05) is 48.5 Å². The minimum atomic E-state index is -0.0216. The number of nitrogens with zero attached hydrogens (tertiary/aromatic N) is 2. The number of ether oxygens (including phenoxy) is 1. The standard InChI is InChI=1S/C21H23N5O2/c22-12-16-3-1-15(2-4-16)11-20(27)25-13-17-5-7-18(8-6-17)14-28-21-24-10-9-19(23)26-21/h1-10H,11-14,22H2,(H,25,27)(H2,23,24,26). The third-order valence-electron chi connectivity index (χ3n) is 4.16. The molecule has 0 aliphatic carbocycles. The molecule has 0 aliphatic rings. The van der Waals surface area contributed by atoms with Crippen molar-refractivity contribution < 1.29 is 9.53 Å². The smallest absolute Gasteiger partial charge is 0.318 e. The fourth-order valence-electron chi connectivity index (χ4n) is 2.57. The number of amides is 1. The normalized spacial score (nSPS) is 10.5. The zero-order chi connectivity index (χ0) is 19.8. The van der Waals surface area contributed by atoms with Gasteiger partial charge in [0.25, 0.3) is 0 Å². The van der Waals surface area contributed by atoms with E-state index < -0.39 is 0 Å². The fraction of sp³-hybridized carbons (Fsp3) is 0.190. The van der Waals surface area contributed by atoms with Gasteiger partial charge in [-0.1, -0.05) is 48.5 Å². The zero-order valence-corrected chi connectivity index (χ0v) is 15.5. The van der Waals surface area contributed by atoms with Crippen LogP contribution in [0.1, 0.15) is 22.3 Å². The molecule has 7 heteroatoms. The highest BCUT2D eigenvalue weighted by Crippen LogP contribution is 2.10. The van der Waals surface area contributed by atoms with E-state index in [-0.39, 0.29) is 11.9 Å². The molecule has 0 aliphatic heterocycles. The predicted molar refractivity (Wildman–Crippen MR) is 107 cm³/mol. The molecule has 2 aromatic carbocycles. The number of anilines is 1. The van der Waals surface area contributed by atoms with Crippen molar-refractivity contribution in [1.29, 1.82) is 0 Å². The number of carbonyl (C=O) groups is 1. The van der Waals surface area contributed by atoms with Crippen LogP contribution in [0.3, 0.4) is 0 Å². The Morgan fingerprint density at radius 2 is 1.57 bits per heavy atom. The molecule has 144 valence electrons. The minimum absolute atomic E-state index is 0.0216. The van der Waals surface area contributed by atoms with Crippen LogP contribution in [0.2, 0.25) is 0 Å². The Hall–Kier alpha value is -3.45. The fourth-order valence-corrected chi connectivity index (χ4v) is 2.57. The Balaban J connectivity index is 1.45. The molecule has 28 heavy (non-hydrogen) atoms. The van der Waals surface area contributed by atoms with Gasteiger partial charge in [-0.05, 0) is 28.3 Å². The second-order valence-electron chi connectivity index (χ2n) is 6.34. The van der Waals surface area contributed by atoms with Gasteiger partial charge >= 0.3 is 6.01 Å². The van der Waals surface area contributed by atoms with Crippen LogP contribution in [-0.4, -0.2) is 15.9 Å². The summed E-state index contributed by atoms with van der Waals surface area (Å²) in [6.07, 6.45) is 1.90. The van der Waals surface area contributed by atoms with Crippen LogP contribution >= 0.6 is 0 Å².